The molecule has 0 unspecified atom stereocenters. The molecule has 0 fully saturated rings. The normalized spacial score (nSPS) is 11.6. The van der Waals surface area contributed by atoms with Crippen LogP contribution in [0.4, 0.5) is 11.4 Å². The van der Waals surface area contributed by atoms with Crippen LogP contribution in [0.2, 0.25) is 0 Å². The number of sulfonamides is 1. The molecule has 11 heteroatoms. The number of nitrogens with zero attached hydrogens (tertiary/aromatic N) is 5. The van der Waals surface area contributed by atoms with Crippen molar-refractivity contribution in [3.63, 3.8) is 0 Å². The molecular formula is C21H19N5O5S. The van der Waals surface area contributed by atoms with E-state index >= 15 is 0 Å². The Bertz CT molecular complexity index is 1490. The molecule has 0 radical (unpaired) electrons. The van der Waals surface area contributed by atoms with Crippen molar-refractivity contribution in [2.24, 2.45) is 0 Å². The van der Waals surface area contributed by atoms with Crippen molar-refractivity contribution < 1.29 is 13.3 Å². The number of hydrogen-bond donors (Lipinski definition) is 0. The van der Waals surface area contributed by atoms with Crippen LogP contribution in [0.15, 0.2) is 71.7 Å². The highest BCUT2D eigenvalue weighted by atomic mass is 32.2. The highest BCUT2D eigenvalue weighted by Crippen LogP contribution is 2.21. The van der Waals surface area contributed by atoms with Gasteiger partial charge in [0.1, 0.15) is 0 Å². The molecular weight excluding hydrogens is 434 g/mol. The quantitative estimate of drug-likeness (QED) is 0.327. The third kappa shape index (κ3) is 3.85. The molecule has 0 saturated heterocycles. The number of rotatable bonds is 6. The minimum atomic E-state index is -3.38. The molecule has 2 aromatic carbocycles. The number of nitro benzene ring substituents is 1. The van der Waals surface area contributed by atoms with E-state index in [-0.39, 0.29) is 12.2 Å². The van der Waals surface area contributed by atoms with E-state index in [1.807, 2.05) is 0 Å². The van der Waals surface area contributed by atoms with Crippen LogP contribution in [0.5, 0.6) is 0 Å². The number of pyridine rings is 1. The molecule has 0 amide bonds. The maximum absolute atomic E-state index is 13.3. The maximum Gasteiger partial charge on any atom is 0.335 e. The first-order chi connectivity index (χ1) is 15.2. The lowest BCUT2D eigenvalue weighted by Crippen LogP contribution is -2.25. The predicted octanol–water partition coefficient (Wildman–Crippen LogP) is 2.54. The molecule has 2 heterocycles. The zero-order valence-electron chi connectivity index (χ0n) is 17.2. The lowest BCUT2D eigenvalue weighted by Gasteiger charge is -2.16. The van der Waals surface area contributed by atoms with Gasteiger partial charge in [-0.2, -0.15) is 0 Å². The van der Waals surface area contributed by atoms with Crippen LogP contribution in [0.3, 0.4) is 0 Å². The summed E-state index contributed by atoms with van der Waals surface area (Å²) in [6, 6.07) is 16.1. The number of aromatic nitrogens is 3. The molecule has 0 N–H and O–H groups in total. The van der Waals surface area contributed by atoms with Gasteiger partial charge >= 0.3 is 5.69 Å². The van der Waals surface area contributed by atoms with Crippen molar-refractivity contribution in [3.8, 4) is 5.69 Å². The first kappa shape index (κ1) is 21.2. The summed E-state index contributed by atoms with van der Waals surface area (Å²) in [6.07, 6.45) is 2.67. The van der Waals surface area contributed by atoms with Crippen LogP contribution in [-0.4, -0.2) is 40.8 Å². The van der Waals surface area contributed by atoms with Gasteiger partial charge in [0.15, 0.2) is 5.65 Å². The summed E-state index contributed by atoms with van der Waals surface area (Å²) in [5.41, 5.74) is 2.06. The number of hydrogen-bond acceptors (Lipinski definition) is 6. The lowest BCUT2D eigenvalue weighted by atomic mass is 10.2. The Labute approximate surface area is 183 Å². The third-order valence-corrected chi connectivity index (χ3v) is 6.33. The van der Waals surface area contributed by atoms with Gasteiger partial charge in [-0.1, -0.05) is 18.2 Å². The maximum atomic E-state index is 13.3. The zero-order chi connectivity index (χ0) is 23.0. The predicted molar refractivity (Wildman–Crippen MR) is 121 cm³/mol. The van der Waals surface area contributed by atoms with E-state index in [4.69, 9.17) is 0 Å². The molecule has 164 valence electrons. The molecule has 10 nitrogen and oxygen atoms in total. The number of non-ortho nitro benzene ring substituents is 1. The highest BCUT2D eigenvalue weighted by molar-refractivity contribution is 7.92. The van der Waals surface area contributed by atoms with Crippen molar-refractivity contribution in [2.75, 3.05) is 17.6 Å². The summed E-state index contributed by atoms with van der Waals surface area (Å²) >= 11 is 0. The van der Waals surface area contributed by atoms with Crippen molar-refractivity contribution in [2.45, 2.75) is 6.54 Å². The van der Waals surface area contributed by atoms with E-state index in [1.54, 1.807) is 48.7 Å². The molecule has 0 atom stereocenters. The summed E-state index contributed by atoms with van der Waals surface area (Å²) in [7, 11) is -1.92. The summed E-state index contributed by atoms with van der Waals surface area (Å²) in [5, 5.41) is 11.2. The van der Waals surface area contributed by atoms with Crippen LogP contribution in [0, 0.1) is 10.1 Å². The largest absolute Gasteiger partial charge is 0.335 e. The first-order valence-corrected chi connectivity index (χ1v) is 11.4. The van der Waals surface area contributed by atoms with E-state index in [9.17, 15) is 23.3 Å². The van der Waals surface area contributed by atoms with E-state index in [2.05, 4.69) is 4.98 Å². The highest BCUT2D eigenvalue weighted by Gasteiger charge is 2.18. The van der Waals surface area contributed by atoms with Crippen molar-refractivity contribution in [3.05, 3.63) is 93.0 Å². The monoisotopic (exact) mass is 453 g/mol. The van der Waals surface area contributed by atoms with Gasteiger partial charge in [0.25, 0.3) is 5.69 Å². The Balaban J connectivity index is 1.78. The molecule has 4 rings (SSSR count). The summed E-state index contributed by atoms with van der Waals surface area (Å²) in [4.78, 5) is 28.3. The molecule has 0 aliphatic rings. The molecule has 4 aromatic rings. The minimum absolute atomic E-state index is 0.128. The minimum Gasteiger partial charge on any atom is -0.286 e. The van der Waals surface area contributed by atoms with Gasteiger partial charge in [0, 0.05) is 25.4 Å². The number of anilines is 1. The summed E-state index contributed by atoms with van der Waals surface area (Å²) in [5.74, 6) is 0. The van der Waals surface area contributed by atoms with E-state index in [0.717, 1.165) is 11.8 Å². The van der Waals surface area contributed by atoms with Crippen LogP contribution < -0.4 is 9.99 Å². The van der Waals surface area contributed by atoms with Gasteiger partial charge in [0.05, 0.1) is 34.6 Å². The third-order valence-electron chi connectivity index (χ3n) is 5.13. The van der Waals surface area contributed by atoms with Gasteiger partial charge in [-0.25, -0.2) is 22.8 Å². The number of nitro groups is 1. The van der Waals surface area contributed by atoms with E-state index < -0.39 is 20.6 Å². The summed E-state index contributed by atoms with van der Waals surface area (Å²) in [6.45, 7) is 0.214. The van der Waals surface area contributed by atoms with Crippen LogP contribution in [0.25, 0.3) is 16.9 Å². The molecule has 0 aliphatic carbocycles. The average molecular weight is 453 g/mol. The van der Waals surface area contributed by atoms with Crippen LogP contribution in [0.1, 0.15) is 5.56 Å². The Morgan fingerprint density at radius 1 is 1.09 bits per heavy atom. The van der Waals surface area contributed by atoms with Crippen molar-refractivity contribution in [1.82, 2.24) is 14.1 Å². The molecule has 0 aliphatic heterocycles. The second kappa shape index (κ2) is 7.93. The zero-order valence-corrected chi connectivity index (χ0v) is 18.1. The van der Waals surface area contributed by atoms with Gasteiger partial charge in [0.2, 0.25) is 10.0 Å². The Morgan fingerprint density at radius 2 is 1.81 bits per heavy atom. The fraction of sp³-hybridized carbons (Fsp3) is 0.143. The number of fused-ring (bicyclic) bond motifs is 1. The average Bonchev–Trinajstić information content (AvgIpc) is 3.04. The Kier molecular flexibility index (Phi) is 5.26. The van der Waals surface area contributed by atoms with E-state index in [0.29, 0.717) is 22.5 Å². The standard InChI is InChI=1S/C21H19N5O5S/c1-23(32(2,30)31)16-10-8-15(9-11-16)14-24-19-7-4-12-22-20(19)25(21(24)27)17-5-3-6-18(13-17)26(28)29/h3-13H,14H2,1-2H3. The van der Waals surface area contributed by atoms with E-state index in [1.165, 1.54) is 38.7 Å². The lowest BCUT2D eigenvalue weighted by molar-refractivity contribution is -0.384. The van der Waals surface area contributed by atoms with Crippen LogP contribution in [-0.2, 0) is 16.6 Å². The summed E-state index contributed by atoms with van der Waals surface area (Å²) < 4.78 is 27.5. The van der Waals surface area contributed by atoms with Crippen molar-refractivity contribution >= 4 is 32.6 Å². The van der Waals surface area contributed by atoms with Gasteiger partial charge in [-0.05, 0) is 35.9 Å². The van der Waals surface area contributed by atoms with Gasteiger partial charge < -0.3 is 0 Å². The smallest absolute Gasteiger partial charge is 0.286 e. The fourth-order valence-corrected chi connectivity index (χ4v) is 3.91. The number of benzene rings is 2. The Morgan fingerprint density at radius 3 is 2.47 bits per heavy atom. The first-order valence-electron chi connectivity index (χ1n) is 9.51. The van der Waals surface area contributed by atoms with Crippen LogP contribution >= 0.6 is 0 Å². The molecule has 0 bridgehead atoms. The Hall–Kier alpha value is -3.99. The molecule has 32 heavy (non-hydrogen) atoms. The second-order valence-corrected chi connectivity index (χ2v) is 9.24. The second-order valence-electron chi connectivity index (χ2n) is 7.22. The van der Waals surface area contributed by atoms with Crippen molar-refractivity contribution in [1.29, 1.82) is 0 Å². The topological polar surface area (TPSA) is 120 Å². The molecule has 0 saturated carbocycles. The molecule has 0 spiro atoms. The molecule has 2 aromatic heterocycles. The van der Waals surface area contributed by atoms with Gasteiger partial charge in [-0.3, -0.25) is 19.0 Å². The SMILES string of the molecule is CN(c1ccc(Cn2c(=O)n(-c3cccc([N+](=O)[O-])c3)c3ncccc32)cc1)S(C)(=O)=O. The van der Waals surface area contributed by atoms with Gasteiger partial charge in [-0.15, -0.1) is 0 Å². The number of imidazole rings is 1. The fourth-order valence-electron chi connectivity index (χ4n) is 3.40.